The van der Waals surface area contributed by atoms with Gasteiger partial charge in [0, 0.05) is 18.0 Å². The van der Waals surface area contributed by atoms with Gasteiger partial charge in [-0.25, -0.2) is 4.98 Å². The van der Waals surface area contributed by atoms with Gasteiger partial charge in [0.15, 0.2) is 0 Å². The second-order valence-corrected chi connectivity index (χ2v) is 6.40. The normalized spacial score (nSPS) is 11.2. The molecule has 4 nitrogen and oxygen atoms in total. The minimum atomic E-state index is 0.0826. The molecule has 3 rings (SSSR count). The summed E-state index contributed by atoms with van der Waals surface area (Å²) in [4.78, 5) is 20.2. The van der Waals surface area contributed by atoms with E-state index in [4.69, 9.17) is 0 Å². The molecule has 2 N–H and O–H groups in total. The first-order valence-electron chi connectivity index (χ1n) is 9.03. The van der Waals surface area contributed by atoms with Crippen molar-refractivity contribution < 1.29 is 4.79 Å². The van der Waals surface area contributed by atoms with Crippen LogP contribution in [-0.4, -0.2) is 15.9 Å². The van der Waals surface area contributed by atoms with Gasteiger partial charge in [-0.1, -0.05) is 38.1 Å². The predicted octanol–water partition coefficient (Wildman–Crippen LogP) is 4.72. The van der Waals surface area contributed by atoms with Gasteiger partial charge in [-0.2, -0.15) is 0 Å². The number of amides is 1. The van der Waals surface area contributed by atoms with Gasteiger partial charge < -0.3 is 10.3 Å². The number of anilines is 1. The number of carbonyl (C=O) groups excluding carboxylic acids is 1. The van der Waals surface area contributed by atoms with Crippen molar-refractivity contribution in [1.82, 2.24) is 9.97 Å². The highest BCUT2D eigenvalue weighted by Crippen LogP contribution is 2.17. The number of rotatable bonds is 7. The van der Waals surface area contributed by atoms with Crippen molar-refractivity contribution in [2.45, 2.75) is 39.5 Å². The van der Waals surface area contributed by atoms with Gasteiger partial charge in [-0.3, -0.25) is 4.79 Å². The molecular formula is C21H25N3O. The van der Waals surface area contributed by atoms with Crippen LogP contribution in [0.25, 0.3) is 11.0 Å². The maximum atomic E-state index is 12.2. The van der Waals surface area contributed by atoms with Gasteiger partial charge in [0.25, 0.3) is 0 Å². The minimum Gasteiger partial charge on any atom is -0.342 e. The molecule has 0 bridgehead atoms. The molecule has 0 fully saturated rings. The van der Waals surface area contributed by atoms with Crippen molar-refractivity contribution in [3.8, 4) is 0 Å². The van der Waals surface area contributed by atoms with E-state index in [-0.39, 0.29) is 11.8 Å². The van der Waals surface area contributed by atoms with Crippen molar-refractivity contribution >= 4 is 22.6 Å². The molecule has 0 spiro atoms. The zero-order chi connectivity index (χ0) is 17.6. The number of imidazole rings is 1. The van der Waals surface area contributed by atoms with Crippen molar-refractivity contribution in [2.24, 2.45) is 5.92 Å². The molecule has 0 saturated heterocycles. The Morgan fingerprint density at radius 2 is 1.88 bits per heavy atom. The molecule has 1 heterocycles. The summed E-state index contributed by atoms with van der Waals surface area (Å²) in [5, 5.41) is 3.04. The number of nitrogens with one attached hydrogen (secondary N) is 2. The molecular weight excluding hydrogens is 310 g/mol. The number of hydrogen-bond acceptors (Lipinski definition) is 2. The molecule has 0 saturated carbocycles. The second-order valence-electron chi connectivity index (χ2n) is 6.40. The van der Waals surface area contributed by atoms with Crippen LogP contribution in [0.15, 0.2) is 48.5 Å². The van der Waals surface area contributed by atoms with E-state index >= 15 is 0 Å². The molecule has 0 aliphatic heterocycles. The van der Waals surface area contributed by atoms with Gasteiger partial charge >= 0.3 is 0 Å². The zero-order valence-electron chi connectivity index (χ0n) is 14.9. The molecule has 0 radical (unpaired) electrons. The van der Waals surface area contributed by atoms with Crippen LogP contribution in [0.3, 0.4) is 0 Å². The van der Waals surface area contributed by atoms with Crippen LogP contribution in [-0.2, 0) is 17.6 Å². The third-order valence-corrected chi connectivity index (χ3v) is 4.64. The Labute approximate surface area is 148 Å². The van der Waals surface area contributed by atoms with Crippen LogP contribution in [0, 0.1) is 5.92 Å². The summed E-state index contributed by atoms with van der Waals surface area (Å²) < 4.78 is 0. The molecule has 4 heteroatoms. The number of aryl methyl sites for hydroxylation is 2. The van der Waals surface area contributed by atoms with E-state index in [9.17, 15) is 4.79 Å². The van der Waals surface area contributed by atoms with Gasteiger partial charge in [0.2, 0.25) is 5.91 Å². The maximum Gasteiger partial charge on any atom is 0.227 e. The number of carbonyl (C=O) groups is 1. The van der Waals surface area contributed by atoms with Gasteiger partial charge in [0.1, 0.15) is 5.82 Å². The Morgan fingerprint density at radius 1 is 1.08 bits per heavy atom. The van der Waals surface area contributed by atoms with E-state index in [0.717, 1.165) is 48.2 Å². The fourth-order valence-corrected chi connectivity index (χ4v) is 3.10. The SMILES string of the molecule is CCC(CC)C(=O)Nc1cccc(CCc2nc3ccccc3[nH]2)c1. The first-order valence-corrected chi connectivity index (χ1v) is 9.03. The zero-order valence-corrected chi connectivity index (χ0v) is 14.9. The lowest BCUT2D eigenvalue weighted by atomic mass is 10.0. The first kappa shape index (κ1) is 17.2. The number of hydrogen-bond donors (Lipinski definition) is 2. The van der Waals surface area contributed by atoms with E-state index in [1.807, 2.05) is 36.4 Å². The Morgan fingerprint density at radius 3 is 2.64 bits per heavy atom. The third kappa shape index (κ3) is 4.27. The van der Waals surface area contributed by atoms with Crippen LogP contribution >= 0.6 is 0 Å². The molecule has 0 aliphatic rings. The fourth-order valence-electron chi connectivity index (χ4n) is 3.10. The largest absolute Gasteiger partial charge is 0.342 e. The fraction of sp³-hybridized carbons (Fsp3) is 0.333. The average molecular weight is 335 g/mol. The molecule has 0 unspecified atom stereocenters. The lowest BCUT2D eigenvalue weighted by Crippen LogP contribution is -2.21. The molecule has 25 heavy (non-hydrogen) atoms. The van der Waals surface area contributed by atoms with Crippen molar-refractivity contribution in [3.63, 3.8) is 0 Å². The molecule has 1 amide bonds. The highest BCUT2D eigenvalue weighted by molar-refractivity contribution is 5.92. The molecule has 2 aromatic carbocycles. The Hall–Kier alpha value is -2.62. The molecule has 130 valence electrons. The quantitative estimate of drug-likeness (QED) is 0.656. The van der Waals surface area contributed by atoms with Crippen LogP contribution in [0.2, 0.25) is 0 Å². The van der Waals surface area contributed by atoms with Gasteiger partial charge in [0.05, 0.1) is 11.0 Å². The number of para-hydroxylation sites is 2. The summed E-state index contributed by atoms with van der Waals surface area (Å²) in [5.41, 5.74) is 4.15. The lowest BCUT2D eigenvalue weighted by Gasteiger charge is -2.13. The summed E-state index contributed by atoms with van der Waals surface area (Å²) in [6.07, 6.45) is 3.47. The van der Waals surface area contributed by atoms with Gasteiger partial charge in [-0.05, 0) is 49.1 Å². The van der Waals surface area contributed by atoms with E-state index in [0.29, 0.717) is 0 Å². The Kier molecular flexibility index (Phi) is 5.49. The Bertz CT molecular complexity index is 816. The summed E-state index contributed by atoms with van der Waals surface area (Å²) in [5.74, 6) is 1.19. The first-order chi connectivity index (χ1) is 12.2. The van der Waals surface area contributed by atoms with Gasteiger partial charge in [-0.15, -0.1) is 0 Å². The van der Waals surface area contributed by atoms with E-state index in [1.165, 1.54) is 5.56 Å². The monoisotopic (exact) mass is 335 g/mol. The summed E-state index contributed by atoms with van der Waals surface area (Å²) in [6.45, 7) is 4.11. The summed E-state index contributed by atoms with van der Waals surface area (Å²) >= 11 is 0. The molecule has 3 aromatic rings. The van der Waals surface area contributed by atoms with E-state index in [2.05, 4.69) is 41.3 Å². The smallest absolute Gasteiger partial charge is 0.227 e. The predicted molar refractivity (Wildman–Crippen MR) is 103 cm³/mol. The Balaban J connectivity index is 1.64. The molecule has 0 aliphatic carbocycles. The molecule has 0 atom stereocenters. The van der Waals surface area contributed by atoms with Crippen molar-refractivity contribution in [2.75, 3.05) is 5.32 Å². The highest BCUT2D eigenvalue weighted by Gasteiger charge is 2.14. The van der Waals surface area contributed by atoms with E-state index < -0.39 is 0 Å². The number of aromatic amines is 1. The topological polar surface area (TPSA) is 57.8 Å². The lowest BCUT2D eigenvalue weighted by molar-refractivity contribution is -0.120. The van der Waals surface area contributed by atoms with Crippen LogP contribution in [0.4, 0.5) is 5.69 Å². The van der Waals surface area contributed by atoms with Crippen molar-refractivity contribution in [3.05, 3.63) is 59.9 Å². The van der Waals surface area contributed by atoms with Crippen LogP contribution in [0.1, 0.15) is 38.1 Å². The van der Waals surface area contributed by atoms with Crippen LogP contribution in [0.5, 0.6) is 0 Å². The maximum absolute atomic E-state index is 12.2. The van der Waals surface area contributed by atoms with E-state index in [1.54, 1.807) is 0 Å². The average Bonchev–Trinajstić information content (AvgIpc) is 3.04. The number of fused-ring (bicyclic) bond motifs is 1. The highest BCUT2D eigenvalue weighted by atomic mass is 16.1. The third-order valence-electron chi connectivity index (χ3n) is 4.64. The standard InChI is InChI=1S/C21H25N3O/c1-3-16(4-2)21(25)22-17-9-7-8-15(14-17)12-13-20-23-18-10-5-6-11-19(18)24-20/h5-11,14,16H,3-4,12-13H2,1-2H3,(H,22,25)(H,23,24). The number of benzene rings is 2. The molecule has 1 aromatic heterocycles. The second kappa shape index (κ2) is 7.97. The minimum absolute atomic E-state index is 0.0826. The summed E-state index contributed by atoms with van der Waals surface area (Å²) in [7, 11) is 0. The number of H-pyrrole nitrogens is 1. The number of aromatic nitrogens is 2. The van der Waals surface area contributed by atoms with Crippen molar-refractivity contribution in [1.29, 1.82) is 0 Å². The number of nitrogens with zero attached hydrogens (tertiary/aromatic N) is 1. The summed E-state index contributed by atoms with van der Waals surface area (Å²) in [6, 6.07) is 16.2. The van der Waals surface area contributed by atoms with Crippen LogP contribution < -0.4 is 5.32 Å².